The summed E-state index contributed by atoms with van der Waals surface area (Å²) in [5, 5.41) is 0.581. The van der Waals surface area contributed by atoms with Crippen LogP contribution in [0, 0.1) is 11.8 Å². The maximum atomic E-state index is 5.85. The summed E-state index contributed by atoms with van der Waals surface area (Å²) in [4.78, 5) is 5.61. The Hall–Kier alpha value is -1.75. The van der Waals surface area contributed by atoms with Crippen LogP contribution in [-0.4, -0.2) is 19.2 Å². The molecule has 1 aromatic heterocycles. The Kier molecular flexibility index (Phi) is 6.07. The van der Waals surface area contributed by atoms with Crippen LogP contribution < -0.4 is 15.2 Å². The van der Waals surface area contributed by atoms with Crippen molar-refractivity contribution in [3.05, 3.63) is 22.6 Å². The Balaban J connectivity index is 0.000000269. The Morgan fingerprint density at radius 3 is 2.23 bits per heavy atom. The molecule has 26 heavy (non-hydrogen) atoms. The van der Waals surface area contributed by atoms with E-state index < -0.39 is 0 Å². The lowest BCUT2D eigenvalue weighted by Crippen LogP contribution is -1.97. The molecule has 5 heteroatoms. The van der Waals surface area contributed by atoms with Crippen LogP contribution in [0.25, 0.3) is 11.3 Å². The zero-order chi connectivity index (χ0) is 18.7. The molecule has 0 bridgehead atoms. The van der Waals surface area contributed by atoms with Gasteiger partial charge in [-0.2, -0.15) is 0 Å². The number of anilines is 1. The van der Waals surface area contributed by atoms with E-state index in [2.05, 4.69) is 18.8 Å². The Bertz CT molecular complexity index is 749. The Morgan fingerprint density at radius 1 is 1.08 bits per heavy atom. The normalized spacial score (nSPS) is 20.2. The van der Waals surface area contributed by atoms with E-state index in [1.807, 2.05) is 12.1 Å². The third kappa shape index (κ3) is 3.98. The third-order valence-electron chi connectivity index (χ3n) is 5.49. The molecule has 1 aromatic carbocycles. The van der Waals surface area contributed by atoms with Gasteiger partial charge in [0, 0.05) is 10.4 Å². The van der Waals surface area contributed by atoms with Crippen molar-refractivity contribution in [2.24, 2.45) is 11.8 Å². The van der Waals surface area contributed by atoms with Crippen molar-refractivity contribution < 1.29 is 9.47 Å². The average molecular weight is 375 g/mol. The first-order valence-electron chi connectivity index (χ1n) is 9.61. The lowest BCUT2D eigenvalue weighted by Gasteiger charge is -2.13. The van der Waals surface area contributed by atoms with E-state index in [0.717, 1.165) is 46.0 Å². The van der Waals surface area contributed by atoms with Gasteiger partial charge in [0.1, 0.15) is 11.5 Å². The molecule has 142 valence electrons. The molecule has 1 heterocycles. The molecule has 2 aliphatic carbocycles. The van der Waals surface area contributed by atoms with Gasteiger partial charge < -0.3 is 15.2 Å². The molecular weight excluding hydrogens is 344 g/mol. The van der Waals surface area contributed by atoms with E-state index in [0.29, 0.717) is 5.13 Å². The number of methoxy groups -OCH3 is 2. The zero-order valence-corrected chi connectivity index (χ0v) is 17.1. The smallest absolute Gasteiger partial charge is 0.180 e. The molecule has 0 saturated heterocycles. The van der Waals surface area contributed by atoms with E-state index in [9.17, 15) is 0 Å². The van der Waals surface area contributed by atoms with Gasteiger partial charge >= 0.3 is 0 Å². The highest BCUT2D eigenvalue weighted by atomic mass is 32.1. The molecular formula is C21H30N2O2S. The molecule has 2 aromatic rings. The fourth-order valence-electron chi connectivity index (χ4n) is 3.90. The van der Waals surface area contributed by atoms with Crippen LogP contribution in [0.1, 0.15) is 50.0 Å². The minimum absolute atomic E-state index is 0.581. The van der Waals surface area contributed by atoms with Crippen molar-refractivity contribution in [2.45, 2.75) is 52.4 Å². The van der Waals surface area contributed by atoms with Gasteiger partial charge in [-0.15, -0.1) is 11.3 Å². The molecule has 2 N–H and O–H groups in total. The number of hydrogen-bond acceptors (Lipinski definition) is 5. The molecule has 2 aliphatic rings. The fraction of sp³-hybridized carbons (Fsp3) is 0.571. The summed E-state index contributed by atoms with van der Waals surface area (Å²) in [6.45, 7) is 4.19. The minimum Gasteiger partial charge on any atom is -0.496 e. The predicted octanol–water partition coefficient (Wildman–Crippen LogP) is 5.34. The first-order valence-corrected chi connectivity index (χ1v) is 10.4. The fourth-order valence-corrected chi connectivity index (χ4v) is 4.69. The summed E-state index contributed by atoms with van der Waals surface area (Å²) in [6, 6.07) is 4.01. The summed E-state index contributed by atoms with van der Waals surface area (Å²) >= 11 is 1.52. The highest BCUT2D eigenvalue weighted by Gasteiger charge is 2.40. The number of fused-ring (bicyclic) bond motifs is 1. The van der Waals surface area contributed by atoms with Crippen molar-refractivity contribution in [1.82, 2.24) is 4.98 Å². The van der Waals surface area contributed by atoms with Gasteiger partial charge in [-0.05, 0) is 48.8 Å². The van der Waals surface area contributed by atoms with Gasteiger partial charge in [-0.25, -0.2) is 4.98 Å². The average Bonchev–Trinajstić information content (AvgIpc) is 3.09. The van der Waals surface area contributed by atoms with Crippen molar-refractivity contribution in [1.29, 1.82) is 0 Å². The maximum Gasteiger partial charge on any atom is 0.180 e. The van der Waals surface area contributed by atoms with E-state index in [1.165, 1.54) is 29.6 Å². The lowest BCUT2D eigenvalue weighted by atomic mass is 10.0. The Morgan fingerprint density at radius 2 is 1.77 bits per heavy atom. The zero-order valence-electron chi connectivity index (χ0n) is 16.3. The number of nitrogen functional groups attached to an aromatic ring is 1. The van der Waals surface area contributed by atoms with Crippen LogP contribution in [0.4, 0.5) is 5.13 Å². The van der Waals surface area contributed by atoms with Crippen LogP contribution >= 0.6 is 11.3 Å². The molecule has 4 nitrogen and oxygen atoms in total. The van der Waals surface area contributed by atoms with Crippen molar-refractivity contribution in [3.8, 4) is 22.8 Å². The van der Waals surface area contributed by atoms with Gasteiger partial charge in [0.15, 0.2) is 5.13 Å². The van der Waals surface area contributed by atoms with Crippen molar-refractivity contribution in [2.75, 3.05) is 20.0 Å². The molecule has 2 unspecified atom stereocenters. The van der Waals surface area contributed by atoms with E-state index in [-0.39, 0.29) is 0 Å². The summed E-state index contributed by atoms with van der Waals surface area (Å²) in [5.74, 6) is 4.09. The quantitative estimate of drug-likeness (QED) is 0.767. The lowest BCUT2D eigenvalue weighted by molar-refractivity contribution is 0.400. The SMILES string of the molecule is C1CC2CC2C1.CCc1cc(OC)c(-c2nc(N)sc2CC)cc1OC. The van der Waals surface area contributed by atoms with E-state index >= 15 is 0 Å². The van der Waals surface area contributed by atoms with Crippen LogP contribution in [0.5, 0.6) is 11.5 Å². The number of hydrogen-bond donors (Lipinski definition) is 1. The number of nitrogens with zero attached hydrogens (tertiary/aromatic N) is 1. The molecule has 0 radical (unpaired) electrons. The number of benzene rings is 1. The van der Waals surface area contributed by atoms with Gasteiger partial charge in [0.05, 0.1) is 19.9 Å². The Labute approximate surface area is 160 Å². The molecule has 0 amide bonds. The summed E-state index contributed by atoms with van der Waals surface area (Å²) < 4.78 is 11.0. The second-order valence-electron chi connectivity index (χ2n) is 7.08. The van der Waals surface area contributed by atoms with E-state index in [4.69, 9.17) is 15.2 Å². The largest absolute Gasteiger partial charge is 0.496 e. The highest BCUT2D eigenvalue weighted by molar-refractivity contribution is 7.15. The standard InChI is InChI=1S/C15H20N2O2S.C6H10/c1-5-9-7-12(19-4)10(8-11(9)18-3)14-13(6-2)20-15(16)17-14;1-2-5-4-6(5)3-1/h7-8H,5-6H2,1-4H3,(H2,16,17);5-6H,1-4H2. The monoisotopic (exact) mass is 374 g/mol. The topological polar surface area (TPSA) is 57.4 Å². The van der Waals surface area contributed by atoms with Crippen LogP contribution in [0.2, 0.25) is 0 Å². The number of rotatable bonds is 5. The van der Waals surface area contributed by atoms with Crippen LogP contribution in [0.3, 0.4) is 0 Å². The molecule has 0 aliphatic heterocycles. The maximum absolute atomic E-state index is 5.85. The molecule has 0 spiro atoms. The number of nitrogens with two attached hydrogens (primary N) is 1. The summed E-state index contributed by atoms with van der Waals surface area (Å²) in [7, 11) is 3.35. The van der Waals surface area contributed by atoms with Crippen LogP contribution in [0.15, 0.2) is 12.1 Å². The number of aromatic nitrogens is 1. The first-order chi connectivity index (χ1) is 12.6. The molecule has 2 atom stereocenters. The minimum atomic E-state index is 0.581. The first kappa shape index (κ1) is 19.0. The predicted molar refractivity (Wildman–Crippen MR) is 109 cm³/mol. The van der Waals surface area contributed by atoms with Crippen molar-refractivity contribution in [3.63, 3.8) is 0 Å². The summed E-state index contributed by atoms with van der Waals surface area (Å²) in [5.41, 5.74) is 8.80. The molecule has 2 fully saturated rings. The number of ether oxygens (including phenoxy) is 2. The van der Waals surface area contributed by atoms with Gasteiger partial charge in [-0.3, -0.25) is 0 Å². The van der Waals surface area contributed by atoms with Crippen LogP contribution in [-0.2, 0) is 12.8 Å². The van der Waals surface area contributed by atoms with E-state index in [1.54, 1.807) is 33.5 Å². The molecule has 4 rings (SSSR count). The molecule has 2 saturated carbocycles. The van der Waals surface area contributed by atoms with Gasteiger partial charge in [0.25, 0.3) is 0 Å². The third-order valence-corrected chi connectivity index (χ3v) is 6.52. The number of aryl methyl sites for hydroxylation is 2. The number of thiazole rings is 1. The van der Waals surface area contributed by atoms with Gasteiger partial charge in [-0.1, -0.05) is 33.1 Å². The highest BCUT2D eigenvalue weighted by Crippen LogP contribution is 2.51. The van der Waals surface area contributed by atoms with Crippen molar-refractivity contribution >= 4 is 16.5 Å². The van der Waals surface area contributed by atoms with Gasteiger partial charge in [0.2, 0.25) is 0 Å². The second kappa shape index (κ2) is 8.30. The summed E-state index contributed by atoms with van der Waals surface area (Å²) in [6.07, 6.45) is 8.02. The second-order valence-corrected chi connectivity index (χ2v) is 8.20.